The summed E-state index contributed by atoms with van der Waals surface area (Å²) in [6.45, 7) is 4.25. The van der Waals surface area contributed by atoms with Crippen LogP contribution in [0.2, 0.25) is 0 Å². The summed E-state index contributed by atoms with van der Waals surface area (Å²) in [7, 11) is 0. The van der Waals surface area contributed by atoms with E-state index in [-0.39, 0.29) is 5.82 Å². The number of hydrogen-bond acceptors (Lipinski definition) is 3. The van der Waals surface area contributed by atoms with Crippen molar-refractivity contribution in [3.8, 4) is 11.3 Å². The van der Waals surface area contributed by atoms with Gasteiger partial charge in [-0.1, -0.05) is 13.8 Å². The van der Waals surface area contributed by atoms with Crippen LogP contribution >= 0.6 is 0 Å². The Kier molecular flexibility index (Phi) is 3.18. The minimum absolute atomic E-state index is 0.252. The van der Waals surface area contributed by atoms with Gasteiger partial charge in [0.05, 0.1) is 5.69 Å². The van der Waals surface area contributed by atoms with E-state index in [0.29, 0.717) is 11.7 Å². The molecule has 3 rings (SSSR count). The minimum atomic E-state index is -0.252. The Bertz CT molecular complexity index is 731. The van der Waals surface area contributed by atoms with E-state index < -0.39 is 0 Å². The lowest BCUT2D eigenvalue weighted by Crippen LogP contribution is -1.98. The fraction of sp³-hybridized carbons (Fsp3) is 0.267. The molecular formula is C15H15FN4. The van der Waals surface area contributed by atoms with Gasteiger partial charge in [-0.2, -0.15) is 9.50 Å². The Balaban J connectivity index is 2.11. The minimum Gasteiger partial charge on any atom is -0.220 e. The van der Waals surface area contributed by atoms with E-state index in [1.165, 1.54) is 12.1 Å². The molecule has 0 atom stereocenters. The first-order valence-electron chi connectivity index (χ1n) is 6.60. The van der Waals surface area contributed by atoms with E-state index in [0.717, 1.165) is 23.5 Å². The first-order valence-corrected chi connectivity index (χ1v) is 6.60. The highest BCUT2D eigenvalue weighted by Crippen LogP contribution is 2.19. The highest BCUT2D eigenvalue weighted by Gasteiger charge is 2.10. The smallest absolute Gasteiger partial charge is 0.220 e. The van der Waals surface area contributed by atoms with Crippen LogP contribution in [0.25, 0.3) is 17.0 Å². The number of benzene rings is 1. The average molecular weight is 270 g/mol. The fourth-order valence-corrected chi connectivity index (χ4v) is 2.13. The van der Waals surface area contributed by atoms with Gasteiger partial charge in [-0.3, -0.25) is 0 Å². The number of nitrogens with zero attached hydrogens (tertiary/aromatic N) is 4. The molecule has 5 heteroatoms. The van der Waals surface area contributed by atoms with Crippen molar-refractivity contribution in [3.05, 3.63) is 48.2 Å². The summed E-state index contributed by atoms with van der Waals surface area (Å²) in [4.78, 5) is 8.65. The SMILES string of the molecule is CC(C)Cc1nc2nccc(-c3ccc(F)cc3)n2n1. The fourth-order valence-electron chi connectivity index (χ4n) is 2.13. The average Bonchev–Trinajstić information content (AvgIpc) is 2.80. The second kappa shape index (κ2) is 5.00. The molecular weight excluding hydrogens is 255 g/mol. The van der Waals surface area contributed by atoms with Crippen molar-refractivity contribution in [2.75, 3.05) is 0 Å². The van der Waals surface area contributed by atoms with E-state index in [2.05, 4.69) is 28.9 Å². The molecule has 102 valence electrons. The normalized spacial score (nSPS) is 11.4. The third-order valence-electron chi connectivity index (χ3n) is 3.02. The van der Waals surface area contributed by atoms with Crippen LogP contribution in [-0.2, 0) is 6.42 Å². The molecule has 0 bridgehead atoms. The molecule has 0 aliphatic carbocycles. The van der Waals surface area contributed by atoms with Crippen LogP contribution in [0.1, 0.15) is 19.7 Å². The molecule has 20 heavy (non-hydrogen) atoms. The molecule has 4 nitrogen and oxygen atoms in total. The molecule has 0 fully saturated rings. The van der Waals surface area contributed by atoms with Crippen LogP contribution in [-0.4, -0.2) is 19.6 Å². The number of hydrogen-bond donors (Lipinski definition) is 0. The lowest BCUT2D eigenvalue weighted by molar-refractivity contribution is 0.620. The van der Waals surface area contributed by atoms with E-state index in [1.54, 1.807) is 22.8 Å². The Morgan fingerprint density at radius 1 is 1.15 bits per heavy atom. The van der Waals surface area contributed by atoms with Gasteiger partial charge in [-0.15, -0.1) is 5.10 Å². The Morgan fingerprint density at radius 2 is 1.90 bits per heavy atom. The molecule has 1 aromatic carbocycles. The van der Waals surface area contributed by atoms with Crippen molar-refractivity contribution in [2.24, 2.45) is 5.92 Å². The summed E-state index contributed by atoms with van der Waals surface area (Å²) in [6.07, 6.45) is 2.51. The number of halogens is 1. The van der Waals surface area contributed by atoms with Crippen LogP contribution < -0.4 is 0 Å². The Labute approximate surface area is 116 Å². The maximum absolute atomic E-state index is 13.0. The topological polar surface area (TPSA) is 43.1 Å². The van der Waals surface area contributed by atoms with Gasteiger partial charge in [0.2, 0.25) is 0 Å². The second-order valence-corrected chi connectivity index (χ2v) is 5.17. The molecule has 0 saturated carbocycles. The lowest BCUT2D eigenvalue weighted by Gasteiger charge is -2.03. The van der Waals surface area contributed by atoms with Crippen LogP contribution in [0.4, 0.5) is 4.39 Å². The summed E-state index contributed by atoms with van der Waals surface area (Å²) in [5.41, 5.74) is 1.75. The zero-order valence-corrected chi connectivity index (χ0v) is 11.4. The first-order chi connectivity index (χ1) is 9.63. The lowest BCUT2D eigenvalue weighted by atomic mass is 10.1. The molecule has 0 amide bonds. The summed E-state index contributed by atoms with van der Waals surface area (Å²) < 4.78 is 14.7. The van der Waals surface area contributed by atoms with Gasteiger partial charge in [-0.05, 0) is 36.2 Å². The van der Waals surface area contributed by atoms with Crippen molar-refractivity contribution in [3.63, 3.8) is 0 Å². The molecule has 3 aromatic rings. The van der Waals surface area contributed by atoms with Gasteiger partial charge < -0.3 is 0 Å². The van der Waals surface area contributed by atoms with Gasteiger partial charge in [0.25, 0.3) is 5.78 Å². The van der Waals surface area contributed by atoms with Crippen LogP contribution in [0.5, 0.6) is 0 Å². The van der Waals surface area contributed by atoms with Gasteiger partial charge in [-0.25, -0.2) is 9.37 Å². The summed E-state index contributed by atoms with van der Waals surface area (Å²) in [5, 5.41) is 4.50. The largest absolute Gasteiger partial charge is 0.252 e. The van der Waals surface area contributed by atoms with Crippen molar-refractivity contribution >= 4 is 5.78 Å². The van der Waals surface area contributed by atoms with Gasteiger partial charge in [0.1, 0.15) is 5.82 Å². The van der Waals surface area contributed by atoms with E-state index in [9.17, 15) is 4.39 Å². The van der Waals surface area contributed by atoms with Crippen LogP contribution in [0.15, 0.2) is 36.5 Å². The standard InChI is InChI=1S/C15H15FN4/c1-10(2)9-14-18-15-17-8-7-13(20(15)19-14)11-3-5-12(16)6-4-11/h3-8,10H,9H2,1-2H3. The quantitative estimate of drug-likeness (QED) is 0.734. The first kappa shape index (κ1) is 12.7. The van der Waals surface area contributed by atoms with Crippen molar-refractivity contribution in [1.29, 1.82) is 0 Å². The Morgan fingerprint density at radius 3 is 2.60 bits per heavy atom. The molecule has 0 spiro atoms. The molecule has 0 aliphatic heterocycles. The monoisotopic (exact) mass is 270 g/mol. The Hall–Kier alpha value is -2.30. The molecule has 0 saturated heterocycles. The van der Waals surface area contributed by atoms with E-state index in [1.807, 2.05) is 6.07 Å². The summed E-state index contributed by atoms with van der Waals surface area (Å²) in [6, 6.07) is 8.19. The molecule has 0 radical (unpaired) electrons. The van der Waals surface area contributed by atoms with Gasteiger partial charge in [0, 0.05) is 18.2 Å². The maximum Gasteiger partial charge on any atom is 0.252 e. The van der Waals surface area contributed by atoms with Crippen LogP contribution in [0.3, 0.4) is 0 Å². The zero-order valence-electron chi connectivity index (χ0n) is 11.4. The van der Waals surface area contributed by atoms with Crippen molar-refractivity contribution in [2.45, 2.75) is 20.3 Å². The predicted octanol–water partition coefficient (Wildman–Crippen LogP) is 3.13. The number of fused-ring (bicyclic) bond motifs is 1. The van der Waals surface area contributed by atoms with Crippen LogP contribution in [0, 0.1) is 11.7 Å². The second-order valence-electron chi connectivity index (χ2n) is 5.17. The van der Waals surface area contributed by atoms with E-state index >= 15 is 0 Å². The highest BCUT2D eigenvalue weighted by molar-refractivity contribution is 5.61. The third-order valence-corrected chi connectivity index (χ3v) is 3.02. The maximum atomic E-state index is 13.0. The molecule has 0 N–H and O–H groups in total. The molecule has 2 aromatic heterocycles. The molecule has 2 heterocycles. The predicted molar refractivity (Wildman–Crippen MR) is 74.7 cm³/mol. The number of rotatable bonds is 3. The summed E-state index contributed by atoms with van der Waals surface area (Å²) >= 11 is 0. The highest BCUT2D eigenvalue weighted by atomic mass is 19.1. The van der Waals surface area contributed by atoms with Crippen molar-refractivity contribution in [1.82, 2.24) is 19.6 Å². The van der Waals surface area contributed by atoms with Crippen molar-refractivity contribution < 1.29 is 4.39 Å². The van der Waals surface area contributed by atoms with E-state index in [4.69, 9.17) is 0 Å². The molecule has 0 aliphatic rings. The zero-order chi connectivity index (χ0) is 14.1. The van der Waals surface area contributed by atoms with Gasteiger partial charge >= 0.3 is 0 Å². The van der Waals surface area contributed by atoms with Gasteiger partial charge in [0.15, 0.2) is 5.82 Å². The summed E-state index contributed by atoms with van der Waals surface area (Å²) in [5.74, 6) is 1.59. The molecule has 0 unspecified atom stereocenters. The number of aromatic nitrogens is 4. The third kappa shape index (κ3) is 2.39.